The Morgan fingerprint density at radius 3 is 2.52 bits per heavy atom. The highest BCUT2D eigenvalue weighted by atomic mass is 35.5. The van der Waals surface area contributed by atoms with Crippen molar-refractivity contribution in [2.24, 2.45) is 0 Å². The normalized spacial score (nSPS) is 14.2. The van der Waals surface area contributed by atoms with Crippen molar-refractivity contribution in [2.75, 3.05) is 51.8 Å². The number of ether oxygens (including phenoxy) is 2. The maximum Gasteiger partial charge on any atom is 0.409 e. The highest BCUT2D eigenvalue weighted by Crippen LogP contribution is 2.27. The first kappa shape index (κ1) is 19.2. The number of amides is 2. The third kappa shape index (κ3) is 5.42. The average Bonchev–Trinajstić information content (AvgIpc) is 2.62. The summed E-state index contributed by atoms with van der Waals surface area (Å²) in [6.45, 7) is 4.67. The molecule has 0 atom stereocenters. The second kappa shape index (κ2) is 9.36. The number of carbonyl (C=O) groups is 2. The Balaban J connectivity index is 1.76. The Labute approximate surface area is 152 Å². The zero-order chi connectivity index (χ0) is 18.2. The molecular weight excluding hydrogens is 346 g/mol. The molecule has 0 bridgehead atoms. The van der Waals surface area contributed by atoms with Crippen molar-refractivity contribution in [1.82, 2.24) is 9.80 Å². The monoisotopic (exact) mass is 369 g/mol. The number of hydrogen-bond donors (Lipinski definition) is 1. The number of anilines is 1. The van der Waals surface area contributed by atoms with Crippen LogP contribution in [0.4, 0.5) is 10.5 Å². The summed E-state index contributed by atoms with van der Waals surface area (Å²) >= 11 is 5.99. The minimum atomic E-state index is -0.315. The van der Waals surface area contributed by atoms with Crippen LogP contribution in [0.2, 0.25) is 5.02 Å². The smallest absolute Gasteiger partial charge is 0.409 e. The number of nitrogens with one attached hydrogen (secondary N) is 1. The number of rotatable bonds is 6. The Bertz CT molecular complexity index is 604. The second-order valence-electron chi connectivity index (χ2n) is 5.59. The SMILES string of the molecule is CCOC(=O)N1CCN(C(=O)CCNc2cc(Cl)ccc2OC)CC1. The maximum atomic E-state index is 12.3. The summed E-state index contributed by atoms with van der Waals surface area (Å²) in [4.78, 5) is 27.4. The van der Waals surface area contributed by atoms with Crippen LogP contribution < -0.4 is 10.1 Å². The molecule has 25 heavy (non-hydrogen) atoms. The molecule has 2 amide bonds. The molecule has 0 aromatic heterocycles. The van der Waals surface area contributed by atoms with Gasteiger partial charge in [0.2, 0.25) is 5.91 Å². The van der Waals surface area contributed by atoms with Gasteiger partial charge in [0.1, 0.15) is 5.75 Å². The molecule has 1 fully saturated rings. The van der Waals surface area contributed by atoms with E-state index < -0.39 is 0 Å². The molecule has 0 radical (unpaired) electrons. The maximum absolute atomic E-state index is 12.3. The van der Waals surface area contributed by atoms with E-state index in [1.54, 1.807) is 42.0 Å². The molecule has 1 N–H and O–H groups in total. The average molecular weight is 370 g/mol. The lowest BCUT2D eigenvalue weighted by atomic mass is 10.2. The van der Waals surface area contributed by atoms with Crippen LogP contribution in [-0.2, 0) is 9.53 Å². The van der Waals surface area contributed by atoms with Crippen molar-refractivity contribution in [3.8, 4) is 5.75 Å². The Morgan fingerprint density at radius 2 is 1.88 bits per heavy atom. The molecule has 1 aromatic carbocycles. The van der Waals surface area contributed by atoms with Gasteiger partial charge >= 0.3 is 6.09 Å². The molecule has 0 spiro atoms. The summed E-state index contributed by atoms with van der Waals surface area (Å²) in [5.74, 6) is 0.733. The molecule has 7 nitrogen and oxygen atoms in total. The molecule has 2 rings (SSSR count). The van der Waals surface area contributed by atoms with Crippen molar-refractivity contribution in [2.45, 2.75) is 13.3 Å². The van der Waals surface area contributed by atoms with E-state index in [9.17, 15) is 9.59 Å². The molecule has 1 saturated heterocycles. The third-order valence-electron chi connectivity index (χ3n) is 3.97. The van der Waals surface area contributed by atoms with E-state index in [1.165, 1.54) is 0 Å². The summed E-state index contributed by atoms with van der Waals surface area (Å²) in [5, 5.41) is 3.78. The van der Waals surface area contributed by atoms with Gasteiger partial charge in [-0.2, -0.15) is 0 Å². The summed E-state index contributed by atoms with van der Waals surface area (Å²) in [5.41, 5.74) is 0.759. The fourth-order valence-corrected chi connectivity index (χ4v) is 2.81. The van der Waals surface area contributed by atoms with E-state index in [4.69, 9.17) is 21.1 Å². The van der Waals surface area contributed by atoms with Crippen LogP contribution in [0.1, 0.15) is 13.3 Å². The van der Waals surface area contributed by atoms with Gasteiger partial charge < -0.3 is 24.6 Å². The van der Waals surface area contributed by atoms with E-state index >= 15 is 0 Å². The van der Waals surface area contributed by atoms with Gasteiger partial charge in [0.05, 0.1) is 19.4 Å². The van der Waals surface area contributed by atoms with E-state index in [-0.39, 0.29) is 12.0 Å². The number of carbonyl (C=O) groups excluding carboxylic acids is 2. The fraction of sp³-hybridized carbons (Fsp3) is 0.529. The molecule has 0 aliphatic carbocycles. The lowest BCUT2D eigenvalue weighted by molar-refractivity contribution is -0.132. The van der Waals surface area contributed by atoms with Gasteiger partial charge in [0, 0.05) is 44.2 Å². The van der Waals surface area contributed by atoms with E-state index in [1.807, 2.05) is 0 Å². The van der Waals surface area contributed by atoms with Crippen LogP contribution in [0, 0.1) is 0 Å². The largest absolute Gasteiger partial charge is 0.495 e. The molecule has 138 valence electrons. The van der Waals surface area contributed by atoms with Crippen LogP contribution in [-0.4, -0.2) is 68.2 Å². The topological polar surface area (TPSA) is 71.1 Å². The predicted octanol–water partition coefficient (Wildman–Crippen LogP) is 2.45. The highest BCUT2D eigenvalue weighted by Gasteiger charge is 2.24. The molecule has 1 aliphatic heterocycles. The van der Waals surface area contributed by atoms with Gasteiger partial charge in [-0.15, -0.1) is 0 Å². The van der Waals surface area contributed by atoms with Gasteiger partial charge in [0.15, 0.2) is 0 Å². The summed E-state index contributed by atoms with van der Waals surface area (Å²) in [6.07, 6.45) is 0.0408. The van der Waals surface area contributed by atoms with Crippen molar-refractivity contribution >= 4 is 29.3 Å². The molecule has 0 saturated carbocycles. The predicted molar refractivity (Wildman–Crippen MR) is 96.3 cm³/mol. The van der Waals surface area contributed by atoms with Gasteiger partial charge in [-0.05, 0) is 25.1 Å². The van der Waals surface area contributed by atoms with Gasteiger partial charge in [-0.1, -0.05) is 11.6 Å². The minimum absolute atomic E-state index is 0.0528. The Morgan fingerprint density at radius 1 is 1.20 bits per heavy atom. The fourth-order valence-electron chi connectivity index (χ4n) is 2.63. The van der Waals surface area contributed by atoms with E-state index in [0.29, 0.717) is 56.5 Å². The Kier molecular flexibility index (Phi) is 7.18. The molecule has 1 heterocycles. The standard InChI is InChI=1S/C17H24ClN3O4/c1-3-25-17(23)21-10-8-20(9-11-21)16(22)6-7-19-14-12-13(18)4-5-15(14)24-2/h4-5,12,19H,3,6-11H2,1-2H3. The lowest BCUT2D eigenvalue weighted by Gasteiger charge is -2.34. The number of halogens is 1. The first-order valence-corrected chi connectivity index (χ1v) is 8.69. The second-order valence-corrected chi connectivity index (χ2v) is 6.02. The molecular formula is C17H24ClN3O4. The number of hydrogen-bond acceptors (Lipinski definition) is 5. The molecule has 1 aromatic rings. The molecule has 1 aliphatic rings. The molecule has 8 heteroatoms. The first-order chi connectivity index (χ1) is 12.0. The van der Waals surface area contributed by atoms with Gasteiger partial charge in [0.25, 0.3) is 0 Å². The minimum Gasteiger partial charge on any atom is -0.495 e. The van der Waals surface area contributed by atoms with Crippen LogP contribution in [0.25, 0.3) is 0 Å². The zero-order valence-electron chi connectivity index (χ0n) is 14.6. The highest BCUT2D eigenvalue weighted by molar-refractivity contribution is 6.30. The van der Waals surface area contributed by atoms with Gasteiger partial charge in [-0.3, -0.25) is 4.79 Å². The van der Waals surface area contributed by atoms with Crippen LogP contribution >= 0.6 is 11.6 Å². The number of benzene rings is 1. The summed E-state index contributed by atoms with van der Waals surface area (Å²) in [7, 11) is 1.59. The van der Waals surface area contributed by atoms with Crippen molar-refractivity contribution < 1.29 is 19.1 Å². The van der Waals surface area contributed by atoms with E-state index in [0.717, 1.165) is 5.69 Å². The number of piperazine rings is 1. The van der Waals surface area contributed by atoms with Crippen LogP contribution in [0.3, 0.4) is 0 Å². The third-order valence-corrected chi connectivity index (χ3v) is 4.21. The van der Waals surface area contributed by atoms with Gasteiger partial charge in [-0.25, -0.2) is 4.79 Å². The number of nitrogens with zero attached hydrogens (tertiary/aromatic N) is 2. The Hall–Kier alpha value is -2.15. The van der Waals surface area contributed by atoms with Crippen molar-refractivity contribution in [1.29, 1.82) is 0 Å². The first-order valence-electron chi connectivity index (χ1n) is 8.32. The lowest BCUT2D eigenvalue weighted by Crippen LogP contribution is -2.50. The quantitative estimate of drug-likeness (QED) is 0.834. The summed E-state index contributed by atoms with van der Waals surface area (Å²) in [6, 6.07) is 5.30. The van der Waals surface area contributed by atoms with Crippen LogP contribution in [0.15, 0.2) is 18.2 Å². The summed E-state index contributed by atoms with van der Waals surface area (Å²) < 4.78 is 10.2. The van der Waals surface area contributed by atoms with E-state index in [2.05, 4.69) is 5.32 Å². The number of methoxy groups -OCH3 is 1. The van der Waals surface area contributed by atoms with Crippen molar-refractivity contribution in [3.63, 3.8) is 0 Å². The molecule has 0 unspecified atom stereocenters. The van der Waals surface area contributed by atoms with Crippen molar-refractivity contribution in [3.05, 3.63) is 23.2 Å². The zero-order valence-corrected chi connectivity index (χ0v) is 15.3. The van der Waals surface area contributed by atoms with Crippen LogP contribution in [0.5, 0.6) is 5.75 Å².